The van der Waals surface area contributed by atoms with Gasteiger partial charge in [-0.05, 0) is 43.5 Å². The van der Waals surface area contributed by atoms with Gasteiger partial charge in [0.2, 0.25) is 0 Å². The number of carbonyl (C=O) groups excluding carboxylic acids is 1. The molecule has 3 rings (SSSR count). The van der Waals surface area contributed by atoms with E-state index >= 15 is 0 Å². The van der Waals surface area contributed by atoms with Crippen molar-refractivity contribution in [2.24, 2.45) is 0 Å². The molecule has 120 valence electrons. The Kier molecular flexibility index (Phi) is 4.23. The van der Waals surface area contributed by atoms with Crippen LogP contribution in [0, 0.1) is 5.82 Å². The maximum Gasteiger partial charge on any atom is 0.303 e. The molecule has 0 unspecified atom stereocenters. The zero-order valence-electron chi connectivity index (χ0n) is 12.5. The van der Waals surface area contributed by atoms with Gasteiger partial charge in [0.05, 0.1) is 11.1 Å². The molecule has 5 nitrogen and oxygen atoms in total. The summed E-state index contributed by atoms with van der Waals surface area (Å²) in [5.41, 5.74) is 1.86. The number of benzene rings is 1. The van der Waals surface area contributed by atoms with E-state index in [1.54, 1.807) is 12.1 Å². The zero-order chi connectivity index (χ0) is 16.4. The molecule has 2 N–H and O–H groups in total. The number of hydrogen-bond donors (Lipinski definition) is 2. The number of nitrogens with zero attached hydrogens (tertiary/aromatic N) is 1. The first-order valence-corrected chi connectivity index (χ1v) is 7.65. The van der Waals surface area contributed by atoms with Gasteiger partial charge in [-0.15, -0.1) is 0 Å². The Balaban J connectivity index is 1.86. The maximum absolute atomic E-state index is 13.5. The average Bonchev–Trinajstić information content (AvgIpc) is 3.35. The van der Waals surface area contributed by atoms with Crippen LogP contribution in [0.25, 0.3) is 10.9 Å². The fourth-order valence-electron chi connectivity index (χ4n) is 2.53. The lowest BCUT2D eigenvalue weighted by molar-refractivity contribution is -0.137. The van der Waals surface area contributed by atoms with Crippen LogP contribution in [0.1, 0.15) is 47.7 Å². The Morgan fingerprint density at radius 1 is 1.30 bits per heavy atom. The molecular weight excluding hydrogens is 299 g/mol. The first kappa shape index (κ1) is 15.4. The van der Waals surface area contributed by atoms with Gasteiger partial charge in [0.25, 0.3) is 5.91 Å². The van der Waals surface area contributed by atoms with Crippen LogP contribution in [0.4, 0.5) is 4.39 Å². The van der Waals surface area contributed by atoms with Crippen molar-refractivity contribution in [1.82, 2.24) is 10.3 Å². The lowest BCUT2D eigenvalue weighted by atomic mass is 10.0. The molecule has 1 amide bonds. The lowest BCUT2D eigenvalue weighted by Gasteiger charge is -2.10. The summed E-state index contributed by atoms with van der Waals surface area (Å²) < 4.78 is 13.5. The fraction of sp³-hybridized carbons (Fsp3) is 0.353. The Labute approximate surface area is 132 Å². The summed E-state index contributed by atoms with van der Waals surface area (Å²) in [6.07, 6.45) is 2.46. The SMILES string of the molecule is O=C(O)CCCNC(=O)c1cc(C2CC2)nc2ccc(F)cc12. The lowest BCUT2D eigenvalue weighted by Crippen LogP contribution is -2.25. The number of aromatic nitrogens is 1. The number of rotatable bonds is 6. The summed E-state index contributed by atoms with van der Waals surface area (Å²) in [5.74, 6) is -1.26. The Morgan fingerprint density at radius 3 is 2.78 bits per heavy atom. The molecule has 1 fully saturated rings. The predicted molar refractivity (Wildman–Crippen MR) is 82.9 cm³/mol. The van der Waals surface area contributed by atoms with Gasteiger partial charge in [0.15, 0.2) is 0 Å². The molecule has 1 heterocycles. The van der Waals surface area contributed by atoms with Crippen molar-refractivity contribution in [3.63, 3.8) is 0 Å². The van der Waals surface area contributed by atoms with Gasteiger partial charge in [-0.25, -0.2) is 4.39 Å². The summed E-state index contributed by atoms with van der Waals surface area (Å²) in [6, 6.07) is 5.95. The van der Waals surface area contributed by atoms with Crippen molar-refractivity contribution in [3.8, 4) is 0 Å². The molecule has 6 heteroatoms. The van der Waals surface area contributed by atoms with Crippen LogP contribution in [0.2, 0.25) is 0 Å². The van der Waals surface area contributed by atoms with E-state index in [0.717, 1.165) is 18.5 Å². The number of aliphatic carboxylic acids is 1. The highest BCUT2D eigenvalue weighted by atomic mass is 19.1. The molecule has 1 aromatic carbocycles. The second-order valence-corrected chi connectivity index (χ2v) is 5.78. The minimum atomic E-state index is -0.897. The first-order valence-electron chi connectivity index (χ1n) is 7.65. The summed E-state index contributed by atoms with van der Waals surface area (Å²) in [6.45, 7) is 0.267. The van der Waals surface area contributed by atoms with Gasteiger partial charge in [0.1, 0.15) is 5.82 Å². The van der Waals surface area contributed by atoms with Crippen LogP contribution in [0.5, 0.6) is 0 Å². The molecule has 1 saturated carbocycles. The van der Waals surface area contributed by atoms with Gasteiger partial charge >= 0.3 is 5.97 Å². The van der Waals surface area contributed by atoms with Crippen molar-refractivity contribution in [1.29, 1.82) is 0 Å². The van der Waals surface area contributed by atoms with Gasteiger partial charge in [-0.3, -0.25) is 14.6 Å². The smallest absolute Gasteiger partial charge is 0.303 e. The number of fused-ring (bicyclic) bond motifs is 1. The van der Waals surface area contributed by atoms with E-state index < -0.39 is 11.8 Å². The average molecular weight is 316 g/mol. The number of halogens is 1. The number of pyridine rings is 1. The molecule has 1 aliphatic carbocycles. The Morgan fingerprint density at radius 2 is 2.09 bits per heavy atom. The van der Waals surface area contributed by atoms with E-state index in [2.05, 4.69) is 10.3 Å². The maximum atomic E-state index is 13.5. The second-order valence-electron chi connectivity index (χ2n) is 5.78. The third-order valence-corrected chi connectivity index (χ3v) is 3.88. The zero-order valence-corrected chi connectivity index (χ0v) is 12.5. The van der Waals surface area contributed by atoms with Crippen LogP contribution in [0.15, 0.2) is 24.3 Å². The van der Waals surface area contributed by atoms with Crippen molar-refractivity contribution >= 4 is 22.8 Å². The highest BCUT2D eigenvalue weighted by molar-refractivity contribution is 6.06. The normalized spacial score (nSPS) is 14.0. The molecule has 0 aliphatic heterocycles. The van der Waals surface area contributed by atoms with Crippen molar-refractivity contribution in [2.75, 3.05) is 6.54 Å². The number of carboxylic acid groups (broad SMARTS) is 1. The van der Waals surface area contributed by atoms with Crippen molar-refractivity contribution in [3.05, 3.63) is 41.3 Å². The van der Waals surface area contributed by atoms with E-state index in [1.165, 1.54) is 12.1 Å². The molecule has 0 radical (unpaired) electrons. The fourth-order valence-corrected chi connectivity index (χ4v) is 2.53. The minimum absolute atomic E-state index is 0.000669. The van der Waals surface area contributed by atoms with E-state index in [0.29, 0.717) is 28.8 Å². The molecule has 2 aromatic rings. The van der Waals surface area contributed by atoms with Gasteiger partial charge in [-0.1, -0.05) is 0 Å². The molecule has 23 heavy (non-hydrogen) atoms. The first-order chi connectivity index (χ1) is 11.0. The van der Waals surface area contributed by atoms with Gasteiger partial charge in [0, 0.05) is 30.0 Å². The topological polar surface area (TPSA) is 79.3 Å². The largest absolute Gasteiger partial charge is 0.481 e. The molecule has 1 aromatic heterocycles. The summed E-state index contributed by atoms with van der Waals surface area (Å²) in [5, 5.41) is 11.8. The molecule has 0 bridgehead atoms. The third-order valence-electron chi connectivity index (χ3n) is 3.88. The molecule has 1 aliphatic rings. The van der Waals surface area contributed by atoms with Crippen molar-refractivity contribution < 1.29 is 19.1 Å². The monoisotopic (exact) mass is 316 g/mol. The van der Waals surface area contributed by atoms with Crippen LogP contribution >= 0.6 is 0 Å². The highest BCUT2D eigenvalue weighted by Gasteiger charge is 2.27. The second kappa shape index (κ2) is 6.32. The summed E-state index contributed by atoms with van der Waals surface area (Å²) in [4.78, 5) is 27.4. The Hall–Kier alpha value is -2.50. The number of amides is 1. The molecule has 0 saturated heterocycles. The molecule has 0 spiro atoms. The standard InChI is InChI=1S/C17H17FN2O3/c18-11-5-6-14-12(8-11)13(9-15(20-14)10-3-4-10)17(23)19-7-1-2-16(21)22/h5-6,8-10H,1-4,7H2,(H,19,23)(H,21,22). The predicted octanol–water partition coefficient (Wildman–Crippen LogP) is 2.85. The Bertz CT molecular complexity index is 772. The van der Waals surface area contributed by atoms with Crippen LogP contribution in [-0.4, -0.2) is 28.5 Å². The molecule has 0 atom stereocenters. The van der Waals surface area contributed by atoms with Gasteiger partial charge < -0.3 is 10.4 Å². The van der Waals surface area contributed by atoms with Crippen molar-refractivity contribution in [2.45, 2.75) is 31.6 Å². The van der Waals surface area contributed by atoms with E-state index in [4.69, 9.17) is 5.11 Å². The third kappa shape index (κ3) is 3.64. The van der Waals surface area contributed by atoms with Crippen LogP contribution < -0.4 is 5.32 Å². The van der Waals surface area contributed by atoms with E-state index in [-0.39, 0.29) is 18.9 Å². The van der Waals surface area contributed by atoms with E-state index in [9.17, 15) is 14.0 Å². The molecular formula is C17H17FN2O3. The van der Waals surface area contributed by atoms with E-state index in [1.807, 2.05) is 0 Å². The number of carboxylic acids is 1. The van der Waals surface area contributed by atoms with Crippen LogP contribution in [0.3, 0.4) is 0 Å². The summed E-state index contributed by atoms with van der Waals surface area (Å²) in [7, 11) is 0. The number of carbonyl (C=O) groups is 2. The van der Waals surface area contributed by atoms with Gasteiger partial charge in [-0.2, -0.15) is 0 Å². The number of hydrogen-bond acceptors (Lipinski definition) is 3. The number of nitrogens with one attached hydrogen (secondary N) is 1. The summed E-state index contributed by atoms with van der Waals surface area (Å²) >= 11 is 0. The highest BCUT2D eigenvalue weighted by Crippen LogP contribution is 2.40. The van der Waals surface area contributed by atoms with Crippen LogP contribution in [-0.2, 0) is 4.79 Å². The quantitative estimate of drug-likeness (QED) is 0.803. The minimum Gasteiger partial charge on any atom is -0.481 e.